The minimum Gasteiger partial charge on any atom is -0.337 e. The zero-order valence-electron chi connectivity index (χ0n) is 11.1. The van der Waals surface area contributed by atoms with Gasteiger partial charge in [-0.15, -0.1) is 5.10 Å². The van der Waals surface area contributed by atoms with Gasteiger partial charge in [-0.2, -0.15) is 4.98 Å². The van der Waals surface area contributed by atoms with Crippen LogP contribution in [-0.4, -0.2) is 25.1 Å². The van der Waals surface area contributed by atoms with Crippen molar-refractivity contribution < 1.29 is 4.52 Å². The summed E-state index contributed by atoms with van der Waals surface area (Å²) in [7, 11) is 0. The second-order valence-corrected chi connectivity index (χ2v) is 6.23. The molecule has 0 saturated heterocycles. The Labute approximate surface area is 134 Å². The van der Waals surface area contributed by atoms with Gasteiger partial charge in [0.15, 0.2) is 0 Å². The van der Waals surface area contributed by atoms with Gasteiger partial charge < -0.3 is 4.52 Å². The van der Waals surface area contributed by atoms with Gasteiger partial charge in [0.2, 0.25) is 11.7 Å². The van der Waals surface area contributed by atoms with Crippen LogP contribution < -0.4 is 0 Å². The zero-order chi connectivity index (χ0) is 14.8. The number of nitrogens with zero attached hydrogens (tertiary/aromatic N) is 5. The maximum atomic E-state index is 6.11. The molecule has 8 heteroatoms. The Morgan fingerprint density at radius 1 is 1.38 bits per heavy atom. The molecule has 0 spiro atoms. The maximum absolute atomic E-state index is 6.11. The van der Waals surface area contributed by atoms with E-state index in [0.29, 0.717) is 23.3 Å². The summed E-state index contributed by atoms with van der Waals surface area (Å²) in [4.78, 5) is 4.47. The summed E-state index contributed by atoms with van der Waals surface area (Å²) in [5.74, 6) is 0.911. The Hall–Kier alpha value is -1.73. The van der Waals surface area contributed by atoms with E-state index in [9.17, 15) is 0 Å². The second-order valence-electron chi connectivity index (χ2n) is 4.45. The minimum absolute atomic E-state index is 0.146. The number of aromatic nitrogens is 5. The maximum Gasteiger partial charge on any atom is 0.248 e. The Morgan fingerprint density at radius 3 is 2.90 bits per heavy atom. The third-order valence-corrected chi connectivity index (χ3v) is 3.64. The summed E-state index contributed by atoms with van der Waals surface area (Å²) >= 11 is 9.55. The van der Waals surface area contributed by atoms with Crippen molar-refractivity contribution >= 4 is 27.5 Å². The molecule has 0 saturated carbocycles. The third-order valence-electron chi connectivity index (χ3n) is 2.84. The van der Waals surface area contributed by atoms with E-state index < -0.39 is 0 Å². The molecule has 0 bridgehead atoms. The fraction of sp³-hybridized carbons (Fsp3) is 0.231. The van der Waals surface area contributed by atoms with E-state index in [1.807, 2.05) is 31.3 Å². The molecule has 0 amide bonds. The van der Waals surface area contributed by atoms with Gasteiger partial charge in [0.25, 0.3) is 0 Å². The molecule has 1 unspecified atom stereocenters. The average Bonchev–Trinajstić information content (AvgIpc) is 3.09. The van der Waals surface area contributed by atoms with Crippen molar-refractivity contribution in [3.05, 3.63) is 47.1 Å². The standard InChI is InChI=1S/C13H11BrClN5O/c1-8(14)11-6-20(19-17-11)7-12-16-13(18-21-12)9-4-2-3-5-10(9)15/h2-6,8H,7H2,1H3. The topological polar surface area (TPSA) is 69.6 Å². The predicted octanol–water partition coefficient (Wildman–Crippen LogP) is 3.49. The van der Waals surface area contributed by atoms with Crippen LogP contribution in [0.3, 0.4) is 0 Å². The predicted molar refractivity (Wildman–Crippen MR) is 81.2 cm³/mol. The molecule has 2 aromatic heterocycles. The van der Waals surface area contributed by atoms with Gasteiger partial charge in [0, 0.05) is 5.56 Å². The van der Waals surface area contributed by atoms with E-state index in [4.69, 9.17) is 16.1 Å². The molecule has 0 N–H and O–H groups in total. The third kappa shape index (κ3) is 3.14. The lowest BCUT2D eigenvalue weighted by Crippen LogP contribution is -2.00. The van der Waals surface area contributed by atoms with Crippen molar-refractivity contribution in [2.75, 3.05) is 0 Å². The quantitative estimate of drug-likeness (QED) is 0.659. The van der Waals surface area contributed by atoms with E-state index in [1.54, 1.807) is 10.7 Å². The molecule has 6 nitrogen and oxygen atoms in total. The van der Waals surface area contributed by atoms with Gasteiger partial charge >= 0.3 is 0 Å². The van der Waals surface area contributed by atoms with Crippen LogP contribution in [0.4, 0.5) is 0 Å². The molecule has 3 rings (SSSR count). The average molecular weight is 369 g/mol. The summed E-state index contributed by atoms with van der Waals surface area (Å²) in [5.41, 5.74) is 1.59. The molecule has 21 heavy (non-hydrogen) atoms. The van der Waals surface area contributed by atoms with E-state index in [2.05, 4.69) is 36.4 Å². The molecular weight excluding hydrogens is 358 g/mol. The summed E-state index contributed by atoms with van der Waals surface area (Å²) in [6.07, 6.45) is 1.83. The normalized spacial score (nSPS) is 12.5. The van der Waals surface area contributed by atoms with Gasteiger partial charge in [0.1, 0.15) is 6.54 Å². The van der Waals surface area contributed by atoms with Gasteiger partial charge in [-0.25, -0.2) is 4.68 Å². The van der Waals surface area contributed by atoms with Crippen molar-refractivity contribution in [1.29, 1.82) is 0 Å². The summed E-state index contributed by atoms with van der Waals surface area (Å²) in [6, 6.07) is 7.36. The number of hydrogen-bond acceptors (Lipinski definition) is 5. The molecule has 1 atom stereocenters. The number of benzene rings is 1. The molecule has 0 aliphatic carbocycles. The van der Waals surface area contributed by atoms with Crippen LogP contribution >= 0.6 is 27.5 Å². The van der Waals surface area contributed by atoms with Crippen LogP contribution in [0.15, 0.2) is 35.0 Å². The summed E-state index contributed by atoms with van der Waals surface area (Å²) < 4.78 is 6.88. The Bertz CT molecular complexity index is 754. The highest BCUT2D eigenvalue weighted by Crippen LogP contribution is 2.25. The smallest absolute Gasteiger partial charge is 0.248 e. The van der Waals surface area contributed by atoms with Crippen LogP contribution in [0.1, 0.15) is 23.3 Å². The summed E-state index contributed by atoms with van der Waals surface area (Å²) in [5, 5.41) is 12.6. The molecule has 108 valence electrons. The number of halogens is 2. The Balaban J connectivity index is 1.80. The first-order valence-electron chi connectivity index (χ1n) is 6.25. The van der Waals surface area contributed by atoms with E-state index in [0.717, 1.165) is 11.3 Å². The van der Waals surface area contributed by atoms with E-state index in [1.165, 1.54) is 0 Å². The van der Waals surface area contributed by atoms with Crippen molar-refractivity contribution in [3.63, 3.8) is 0 Å². The van der Waals surface area contributed by atoms with Crippen LogP contribution in [0.5, 0.6) is 0 Å². The van der Waals surface area contributed by atoms with Gasteiger partial charge in [-0.3, -0.25) is 0 Å². The van der Waals surface area contributed by atoms with E-state index in [-0.39, 0.29) is 4.83 Å². The minimum atomic E-state index is 0.146. The SMILES string of the molecule is CC(Br)c1cn(Cc2nc(-c3ccccc3Cl)no2)nn1. The van der Waals surface area contributed by atoms with Gasteiger partial charge in [0.05, 0.1) is 21.7 Å². The van der Waals surface area contributed by atoms with Crippen molar-refractivity contribution in [1.82, 2.24) is 25.1 Å². The van der Waals surface area contributed by atoms with Gasteiger partial charge in [-0.1, -0.05) is 50.0 Å². The highest BCUT2D eigenvalue weighted by molar-refractivity contribution is 9.09. The van der Waals surface area contributed by atoms with Gasteiger partial charge in [-0.05, 0) is 19.1 Å². The largest absolute Gasteiger partial charge is 0.337 e. The van der Waals surface area contributed by atoms with Crippen LogP contribution in [0.25, 0.3) is 11.4 Å². The molecule has 3 aromatic rings. The second kappa shape index (κ2) is 5.95. The zero-order valence-corrected chi connectivity index (χ0v) is 13.4. The number of hydrogen-bond donors (Lipinski definition) is 0. The Kier molecular flexibility index (Phi) is 4.03. The van der Waals surface area contributed by atoms with Crippen LogP contribution in [0.2, 0.25) is 5.02 Å². The highest BCUT2D eigenvalue weighted by atomic mass is 79.9. The van der Waals surface area contributed by atoms with Crippen molar-refractivity contribution in [3.8, 4) is 11.4 Å². The fourth-order valence-electron chi connectivity index (χ4n) is 1.78. The van der Waals surface area contributed by atoms with Crippen molar-refractivity contribution in [2.45, 2.75) is 18.3 Å². The van der Waals surface area contributed by atoms with E-state index >= 15 is 0 Å². The van der Waals surface area contributed by atoms with Crippen LogP contribution in [0, 0.1) is 0 Å². The van der Waals surface area contributed by atoms with Crippen molar-refractivity contribution in [2.24, 2.45) is 0 Å². The molecule has 1 aromatic carbocycles. The monoisotopic (exact) mass is 367 g/mol. The first kappa shape index (κ1) is 14.2. The number of rotatable bonds is 4. The molecular formula is C13H11BrClN5O. The lowest BCUT2D eigenvalue weighted by Gasteiger charge is -1.96. The molecule has 0 radical (unpaired) electrons. The molecule has 0 aliphatic rings. The first-order valence-corrected chi connectivity index (χ1v) is 7.54. The summed E-state index contributed by atoms with van der Waals surface area (Å²) in [6.45, 7) is 2.35. The molecule has 2 heterocycles. The Morgan fingerprint density at radius 2 is 2.19 bits per heavy atom. The van der Waals surface area contributed by atoms with Crippen LogP contribution in [-0.2, 0) is 6.54 Å². The lowest BCUT2D eigenvalue weighted by atomic mass is 10.2. The fourth-order valence-corrected chi connectivity index (χ4v) is 2.21. The number of alkyl halides is 1. The molecule has 0 fully saturated rings. The molecule has 0 aliphatic heterocycles. The highest BCUT2D eigenvalue weighted by Gasteiger charge is 2.13. The lowest BCUT2D eigenvalue weighted by molar-refractivity contribution is 0.364. The first-order chi connectivity index (χ1) is 10.1.